The zero-order valence-corrected chi connectivity index (χ0v) is 10.6. The van der Waals surface area contributed by atoms with Gasteiger partial charge < -0.3 is 4.74 Å². The van der Waals surface area contributed by atoms with Crippen LogP contribution >= 0.6 is 0 Å². The molecule has 0 bridgehead atoms. The van der Waals surface area contributed by atoms with Crippen molar-refractivity contribution in [3.05, 3.63) is 40.5 Å². The predicted octanol–water partition coefficient (Wildman–Crippen LogP) is 3.11. The van der Waals surface area contributed by atoms with Gasteiger partial charge in [0.05, 0.1) is 12.7 Å². The topological polar surface area (TPSA) is 26.3 Å². The van der Waals surface area contributed by atoms with E-state index in [1.165, 1.54) is 18.2 Å². The molecule has 0 aliphatic heterocycles. The van der Waals surface area contributed by atoms with Crippen LogP contribution < -0.4 is 0 Å². The number of benzene rings is 1. The highest BCUT2D eigenvalue weighted by Crippen LogP contribution is 2.27. The molecular formula is C14H18O2. The summed E-state index contributed by atoms with van der Waals surface area (Å²) < 4.78 is 4.72. The first-order valence-corrected chi connectivity index (χ1v) is 5.25. The van der Waals surface area contributed by atoms with Gasteiger partial charge in [0.1, 0.15) is 0 Å². The minimum atomic E-state index is -0.365. The van der Waals surface area contributed by atoms with Crippen molar-refractivity contribution in [2.45, 2.75) is 27.7 Å². The maximum Gasteiger partial charge on any atom is 0.337 e. The lowest BCUT2D eigenvalue weighted by molar-refractivity contribution is -0.133. The minimum Gasteiger partial charge on any atom is -0.465 e. The SMILES string of the molecule is C=C(C(=O)OC)c1c(C)c(C)cc(C)c1C. The number of esters is 1. The van der Waals surface area contributed by atoms with E-state index in [-0.39, 0.29) is 5.97 Å². The summed E-state index contributed by atoms with van der Waals surface area (Å²) in [6, 6.07) is 2.12. The van der Waals surface area contributed by atoms with Gasteiger partial charge in [-0.3, -0.25) is 0 Å². The van der Waals surface area contributed by atoms with Crippen LogP contribution in [0.2, 0.25) is 0 Å². The Morgan fingerprint density at radius 2 is 1.56 bits per heavy atom. The third-order valence-corrected chi connectivity index (χ3v) is 3.10. The van der Waals surface area contributed by atoms with E-state index in [1.807, 2.05) is 27.7 Å². The van der Waals surface area contributed by atoms with Crippen LogP contribution in [0.15, 0.2) is 12.6 Å². The van der Waals surface area contributed by atoms with Gasteiger partial charge in [-0.05, 0) is 55.5 Å². The molecule has 0 unspecified atom stereocenters. The Morgan fingerprint density at radius 3 is 1.94 bits per heavy atom. The molecule has 16 heavy (non-hydrogen) atoms. The highest BCUT2D eigenvalue weighted by Gasteiger charge is 2.16. The molecule has 0 heterocycles. The van der Waals surface area contributed by atoms with Crippen molar-refractivity contribution in [3.63, 3.8) is 0 Å². The molecule has 0 atom stereocenters. The first-order chi connectivity index (χ1) is 7.40. The lowest BCUT2D eigenvalue weighted by Crippen LogP contribution is -2.07. The summed E-state index contributed by atoms with van der Waals surface area (Å²) in [6.07, 6.45) is 0. The van der Waals surface area contributed by atoms with Crippen LogP contribution in [0.1, 0.15) is 27.8 Å². The first-order valence-electron chi connectivity index (χ1n) is 5.25. The normalized spacial score (nSPS) is 10.1. The van der Waals surface area contributed by atoms with Crippen LogP contribution in [0, 0.1) is 27.7 Å². The Balaban J connectivity index is 3.44. The average Bonchev–Trinajstić information content (AvgIpc) is 2.25. The zero-order valence-electron chi connectivity index (χ0n) is 10.6. The van der Waals surface area contributed by atoms with Crippen LogP contribution in [0.3, 0.4) is 0 Å². The Hall–Kier alpha value is -1.57. The molecule has 0 aliphatic carbocycles. The summed E-state index contributed by atoms with van der Waals surface area (Å²) in [5.41, 5.74) is 5.89. The molecule has 0 N–H and O–H groups in total. The molecule has 2 nitrogen and oxygen atoms in total. The van der Waals surface area contributed by atoms with E-state index < -0.39 is 0 Å². The van der Waals surface area contributed by atoms with Crippen molar-refractivity contribution in [2.75, 3.05) is 7.11 Å². The highest BCUT2D eigenvalue weighted by atomic mass is 16.5. The van der Waals surface area contributed by atoms with Gasteiger partial charge in [-0.1, -0.05) is 12.6 Å². The first kappa shape index (κ1) is 12.5. The number of methoxy groups -OCH3 is 1. The molecule has 0 aliphatic rings. The van der Waals surface area contributed by atoms with E-state index in [1.54, 1.807) is 0 Å². The fraction of sp³-hybridized carbons (Fsp3) is 0.357. The van der Waals surface area contributed by atoms with Crippen LogP contribution in [0.4, 0.5) is 0 Å². The Labute approximate surface area is 96.9 Å². The van der Waals surface area contributed by atoms with E-state index in [2.05, 4.69) is 12.6 Å². The van der Waals surface area contributed by atoms with Crippen molar-refractivity contribution < 1.29 is 9.53 Å². The molecule has 1 aromatic rings. The molecule has 1 rings (SSSR count). The van der Waals surface area contributed by atoms with Crippen LogP contribution in [0.5, 0.6) is 0 Å². The third-order valence-electron chi connectivity index (χ3n) is 3.10. The number of carbonyl (C=O) groups excluding carboxylic acids is 1. The predicted molar refractivity (Wildman–Crippen MR) is 66.4 cm³/mol. The fourth-order valence-corrected chi connectivity index (χ4v) is 1.89. The molecule has 2 heteroatoms. The fourth-order valence-electron chi connectivity index (χ4n) is 1.89. The standard InChI is InChI=1S/C14H18O2/c1-8-7-9(2)11(4)13(10(8)3)12(5)14(15)16-6/h7H,5H2,1-4,6H3. The Kier molecular flexibility index (Phi) is 3.53. The number of aryl methyl sites for hydroxylation is 2. The second kappa shape index (κ2) is 4.52. The lowest BCUT2D eigenvalue weighted by atomic mass is 9.90. The van der Waals surface area contributed by atoms with Gasteiger partial charge in [0.25, 0.3) is 0 Å². The molecule has 0 saturated carbocycles. The van der Waals surface area contributed by atoms with E-state index in [4.69, 9.17) is 4.74 Å². The molecular weight excluding hydrogens is 200 g/mol. The molecule has 86 valence electrons. The van der Waals surface area contributed by atoms with Crippen molar-refractivity contribution >= 4 is 11.5 Å². The second-order valence-electron chi connectivity index (χ2n) is 4.11. The number of hydrogen-bond acceptors (Lipinski definition) is 2. The van der Waals surface area contributed by atoms with Gasteiger partial charge in [0.15, 0.2) is 0 Å². The number of hydrogen-bond donors (Lipinski definition) is 0. The van der Waals surface area contributed by atoms with Gasteiger partial charge in [-0.15, -0.1) is 0 Å². The molecule has 0 aromatic heterocycles. The smallest absolute Gasteiger partial charge is 0.337 e. The molecule has 0 spiro atoms. The van der Waals surface area contributed by atoms with Gasteiger partial charge in [-0.25, -0.2) is 4.79 Å². The maximum atomic E-state index is 11.5. The molecule has 0 saturated heterocycles. The molecule has 0 radical (unpaired) electrons. The van der Waals surface area contributed by atoms with Crippen molar-refractivity contribution in [2.24, 2.45) is 0 Å². The second-order valence-corrected chi connectivity index (χ2v) is 4.11. The molecule has 0 amide bonds. The average molecular weight is 218 g/mol. The van der Waals surface area contributed by atoms with Gasteiger partial charge in [0, 0.05) is 0 Å². The third kappa shape index (κ3) is 2.01. The summed E-state index contributed by atoms with van der Waals surface area (Å²) in [6.45, 7) is 11.9. The quantitative estimate of drug-likeness (QED) is 0.563. The number of ether oxygens (including phenoxy) is 1. The van der Waals surface area contributed by atoms with Gasteiger partial charge in [0.2, 0.25) is 0 Å². The van der Waals surface area contributed by atoms with E-state index in [0.29, 0.717) is 5.57 Å². The molecule has 1 aromatic carbocycles. The summed E-state index contributed by atoms with van der Waals surface area (Å²) in [5.74, 6) is -0.365. The molecule has 0 fully saturated rings. The number of rotatable bonds is 2. The van der Waals surface area contributed by atoms with E-state index >= 15 is 0 Å². The lowest BCUT2D eigenvalue weighted by Gasteiger charge is -2.15. The van der Waals surface area contributed by atoms with Crippen molar-refractivity contribution in [1.82, 2.24) is 0 Å². The Bertz CT molecular complexity index is 430. The zero-order chi connectivity index (χ0) is 12.5. The summed E-state index contributed by atoms with van der Waals surface area (Å²) in [4.78, 5) is 11.5. The number of carbonyl (C=O) groups is 1. The van der Waals surface area contributed by atoms with E-state index in [9.17, 15) is 4.79 Å². The van der Waals surface area contributed by atoms with E-state index in [0.717, 1.165) is 16.7 Å². The van der Waals surface area contributed by atoms with Gasteiger partial charge in [-0.2, -0.15) is 0 Å². The van der Waals surface area contributed by atoms with Crippen molar-refractivity contribution in [1.29, 1.82) is 0 Å². The monoisotopic (exact) mass is 218 g/mol. The largest absolute Gasteiger partial charge is 0.465 e. The van der Waals surface area contributed by atoms with Gasteiger partial charge >= 0.3 is 5.97 Å². The van der Waals surface area contributed by atoms with Crippen LogP contribution in [-0.2, 0) is 9.53 Å². The minimum absolute atomic E-state index is 0.365. The van der Waals surface area contributed by atoms with Crippen molar-refractivity contribution in [3.8, 4) is 0 Å². The highest BCUT2D eigenvalue weighted by molar-refractivity contribution is 6.16. The summed E-state index contributed by atoms with van der Waals surface area (Å²) in [5, 5.41) is 0. The summed E-state index contributed by atoms with van der Waals surface area (Å²) in [7, 11) is 1.38. The van der Waals surface area contributed by atoms with Crippen LogP contribution in [0.25, 0.3) is 5.57 Å². The Morgan fingerprint density at radius 1 is 1.12 bits per heavy atom. The van der Waals surface area contributed by atoms with Crippen LogP contribution in [-0.4, -0.2) is 13.1 Å². The summed E-state index contributed by atoms with van der Waals surface area (Å²) >= 11 is 0. The maximum absolute atomic E-state index is 11.5.